The summed E-state index contributed by atoms with van der Waals surface area (Å²) in [5.74, 6) is 0.0680. The first-order valence-electron chi connectivity index (χ1n) is 8.21. The van der Waals surface area contributed by atoms with Crippen LogP contribution in [-0.4, -0.2) is 45.9 Å². The number of anilines is 1. The summed E-state index contributed by atoms with van der Waals surface area (Å²) in [6.07, 6.45) is 9.58. The van der Waals surface area contributed by atoms with Gasteiger partial charge in [-0.15, -0.1) is 0 Å². The van der Waals surface area contributed by atoms with Crippen LogP contribution in [0.5, 0.6) is 0 Å². The maximum atomic E-state index is 14.1. The van der Waals surface area contributed by atoms with Crippen LogP contribution in [0.4, 0.5) is 10.1 Å². The Morgan fingerprint density at radius 1 is 1.33 bits per heavy atom. The second-order valence-corrected chi connectivity index (χ2v) is 6.67. The quantitative estimate of drug-likeness (QED) is 0.837. The minimum atomic E-state index is -0.411. The van der Waals surface area contributed by atoms with Crippen LogP contribution in [-0.2, 0) is 13.1 Å². The maximum absolute atomic E-state index is 14.1. The van der Waals surface area contributed by atoms with Crippen molar-refractivity contribution in [2.45, 2.75) is 38.1 Å². The monoisotopic (exact) mass is 333 g/mol. The Morgan fingerprint density at radius 3 is 2.88 bits per heavy atom. The zero-order valence-electron chi connectivity index (χ0n) is 14.1. The van der Waals surface area contributed by atoms with Crippen molar-refractivity contribution < 1.29 is 9.50 Å². The summed E-state index contributed by atoms with van der Waals surface area (Å²) >= 11 is 0. The lowest BCUT2D eigenvalue weighted by Gasteiger charge is -2.21. The third kappa shape index (κ3) is 3.73. The van der Waals surface area contributed by atoms with Gasteiger partial charge < -0.3 is 19.9 Å². The number of nitrogens with one attached hydrogen (secondary N) is 1. The Hall–Kier alpha value is -1.99. The molecule has 2 heterocycles. The fourth-order valence-corrected chi connectivity index (χ4v) is 3.42. The molecule has 24 heavy (non-hydrogen) atoms. The van der Waals surface area contributed by atoms with Gasteiger partial charge in [-0.1, -0.05) is 0 Å². The second-order valence-electron chi connectivity index (χ2n) is 6.67. The van der Waals surface area contributed by atoms with Gasteiger partial charge in [0.2, 0.25) is 0 Å². The van der Waals surface area contributed by atoms with Crippen LogP contribution >= 0.6 is 0 Å². The average molecular weight is 333 g/mol. The van der Waals surface area contributed by atoms with E-state index in [2.05, 4.69) is 15.3 Å². The zero-order chi connectivity index (χ0) is 17.1. The number of hydrogen-bond donors (Lipinski definition) is 2. The van der Waals surface area contributed by atoms with E-state index in [0.29, 0.717) is 18.0 Å². The molecule has 1 aliphatic carbocycles. The number of aliphatic hydroxyl groups is 1. The minimum Gasteiger partial charge on any atom is -0.391 e. The van der Waals surface area contributed by atoms with Gasteiger partial charge in [0.1, 0.15) is 5.82 Å². The Balaban J connectivity index is 1.61. The molecule has 0 aromatic carbocycles. The third-order valence-electron chi connectivity index (χ3n) is 4.66. The first-order valence-corrected chi connectivity index (χ1v) is 8.21. The van der Waals surface area contributed by atoms with Gasteiger partial charge in [-0.05, 0) is 18.8 Å². The number of pyridine rings is 1. The van der Waals surface area contributed by atoms with Gasteiger partial charge in [0.15, 0.2) is 0 Å². The van der Waals surface area contributed by atoms with Crippen molar-refractivity contribution in [3.63, 3.8) is 0 Å². The van der Waals surface area contributed by atoms with Crippen LogP contribution in [0.3, 0.4) is 0 Å². The van der Waals surface area contributed by atoms with Gasteiger partial charge in [0, 0.05) is 51.2 Å². The topological polar surface area (TPSA) is 66.2 Å². The summed E-state index contributed by atoms with van der Waals surface area (Å²) in [6.45, 7) is 1.23. The molecule has 2 N–H and O–H groups in total. The lowest BCUT2D eigenvalue weighted by Crippen LogP contribution is -2.35. The van der Waals surface area contributed by atoms with Gasteiger partial charge in [-0.2, -0.15) is 0 Å². The van der Waals surface area contributed by atoms with Crippen molar-refractivity contribution >= 4 is 5.69 Å². The van der Waals surface area contributed by atoms with Crippen molar-refractivity contribution in [2.75, 3.05) is 19.0 Å². The number of rotatable bonds is 6. The van der Waals surface area contributed by atoms with E-state index in [-0.39, 0.29) is 11.9 Å². The highest BCUT2D eigenvalue weighted by atomic mass is 19.1. The molecule has 1 fully saturated rings. The predicted molar refractivity (Wildman–Crippen MR) is 90.1 cm³/mol. The number of aromatic nitrogens is 3. The normalized spacial score (nSPS) is 23.6. The molecule has 130 valence electrons. The molecule has 1 unspecified atom stereocenters. The largest absolute Gasteiger partial charge is 0.391 e. The predicted octanol–water partition coefficient (Wildman–Crippen LogP) is 1.41. The summed E-state index contributed by atoms with van der Waals surface area (Å²) in [5.41, 5.74) is 1.34. The van der Waals surface area contributed by atoms with Crippen LogP contribution < -0.4 is 10.2 Å². The van der Waals surface area contributed by atoms with Gasteiger partial charge in [-0.25, -0.2) is 9.37 Å². The van der Waals surface area contributed by atoms with E-state index in [1.54, 1.807) is 18.7 Å². The molecule has 0 amide bonds. The highest BCUT2D eigenvalue weighted by Gasteiger charge is 2.33. The van der Waals surface area contributed by atoms with Crippen molar-refractivity contribution in [2.24, 2.45) is 5.92 Å². The summed E-state index contributed by atoms with van der Waals surface area (Å²) in [5, 5.41) is 13.6. The Bertz CT molecular complexity index is 661. The van der Waals surface area contributed by atoms with Crippen molar-refractivity contribution in [1.29, 1.82) is 0 Å². The van der Waals surface area contributed by atoms with Crippen LogP contribution in [0.1, 0.15) is 18.4 Å². The second kappa shape index (κ2) is 7.27. The van der Waals surface area contributed by atoms with E-state index in [0.717, 1.165) is 25.1 Å². The van der Waals surface area contributed by atoms with E-state index in [1.807, 2.05) is 29.8 Å². The van der Waals surface area contributed by atoms with E-state index in [1.165, 1.54) is 6.20 Å². The molecule has 0 aliphatic heterocycles. The molecule has 3 atom stereocenters. The molecule has 1 saturated carbocycles. The maximum Gasteiger partial charge on any atom is 0.148 e. The fraction of sp³-hybridized carbons (Fsp3) is 0.529. The lowest BCUT2D eigenvalue weighted by atomic mass is 10.1. The highest BCUT2D eigenvalue weighted by molar-refractivity contribution is 5.50. The molecule has 2 aromatic rings. The van der Waals surface area contributed by atoms with Gasteiger partial charge >= 0.3 is 0 Å². The van der Waals surface area contributed by atoms with Crippen molar-refractivity contribution in [3.8, 4) is 0 Å². The molecule has 0 spiro atoms. The van der Waals surface area contributed by atoms with Crippen LogP contribution in [0.2, 0.25) is 0 Å². The number of nitrogens with zero attached hydrogens (tertiary/aromatic N) is 4. The summed E-state index contributed by atoms with van der Waals surface area (Å²) in [6, 6.07) is -0.0268. The number of aliphatic hydroxyl groups excluding tert-OH is 1. The Kier molecular flexibility index (Phi) is 5.11. The third-order valence-corrected chi connectivity index (χ3v) is 4.66. The first kappa shape index (κ1) is 16.9. The molecule has 7 heteroatoms. The molecule has 6 nitrogen and oxygen atoms in total. The first-order chi connectivity index (χ1) is 11.5. The molecule has 3 rings (SSSR count). The molecular weight excluding hydrogens is 309 g/mol. The highest BCUT2D eigenvalue weighted by Crippen LogP contribution is 2.28. The molecule has 1 aliphatic rings. The van der Waals surface area contributed by atoms with Crippen molar-refractivity contribution in [1.82, 2.24) is 19.9 Å². The summed E-state index contributed by atoms with van der Waals surface area (Å²) < 4.78 is 16.1. The average Bonchev–Trinajstić information content (AvgIpc) is 3.16. The summed E-state index contributed by atoms with van der Waals surface area (Å²) in [7, 11) is 3.73. The van der Waals surface area contributed by atoms with Gasteiger partial charge in [-0.3, -0.25) is 4.98 Å². The van der Waals surface area contributed by atoms with Gasteiger partial charge in [0.25, 0.3) is 0 Å². The van der Waals surface area contributed by atoms with Crippen LogP contribution in [0, 0.1) is 11.7 Å². The smallest absolute Gasteiger partial charge is 0.148 e. The molecule has 0 radical (unpaired) electrons. The molecule has 0 bridgehead atoms. The van der Waals surface area contributed by atoms with Crippen LogP contribution in [0.15, 0.2) is 31.1 Å². The van der Waals surface area contributed by atoms with E-state index < -0.39 is 6.10 Å². The lowest BCUT2D eigenvalue weighted by molar-refractivity contribution is 0.145. The summed E-state index contributed by atoms with van der Waals surface area (Å²) in [4.78, 5) is 9.81. The minimum absolute atomic E-state index is 0.0268. The molecule has 0 saturated heterocycles. The Morgan fingerprint density at radius 2 is 2.17 bits per heavy atom. The fourth-order valence-electron chi connectivity index (χ4n) is 3.42. The zero-order valence-corrected chi connectivity index (χ0v) is 14.1. The van der Waals surface area contributed by atoms with E-state index in [4.69, 9.17) is 0 Å². The SMILES string of the molecule is CN(C)c1cncc(F)c1CN[C@@H]1CC(Cn2ccnc2)C[C@H]1O. The van der Waals surface area contributed by atoms with Crippen molar-refractivity contribution in [3.05, 3.63) is 42.5 Å². The standard InChI is InChI=1S/C17H24FN5O/c1-22(2)16-9-20-8-14(18)13(16)7-21-15-5-12(6-17(15)24)10-23-4-3-19-11-23/h3-4,8-9,11-12,15,17,21,24H,5-7,10H2,1-2H3/t12?,15-,17-/m1/s1. The Labute approximate surface area is 141 Å². The number of imidazole rings is 1. The molecule has 2 aromatic heterocycles. The van der Waals surface area contributed by atoms with Crippen LogP contribution in [0.25, 0.3) is 0 Å². The van der Waals surface area contributed by atoms with E-state index >= 15 is 0 Å². The molecular formula is C17H24FN5O. The number of halogens is 1. The van der Waals surface area contributed by atoms with Gasteiger partial charge in [0.05, 0.1) is 30.5 Å². The van der Waals surface area contributed by atoms with E-state index in [9.17, 15) is 9.50 Å². The number of hydrogen-bond acceptors (Lipinski definition) is 5.